The molecule has 1 aliphatic carbocycles. The Morgan fingerprint density at radius 1 is 1.00 bits per heavy atom. The van der Waals surface area contributed by atoms with Crippen LogP contribution < -0.4 is 10.6 Å². The van der Waals surface area contributed by atoms with Gasteiger partial charge in [-0.3, -0.25) is 0 Å². The molecule has 0 unspecified atom stereocenters. The van der Waals surface area contributed by atoms with Gasteiger partial charge in [0.25, 0.3) is 0 Å². The van der Waals surface area contributed by atoms with Crippen molar-refractivity contribution in [2.45, 2.75) is 24.4 Å². The molecule has 0 spiro atoms. The van der Waals surface area contributed by atoms with Gasteiger partial charge in [0, 0.05) is 12.0 Å². The van der Waals surface area contributed by atoms with E-state index in [1.165, 1.54) is 18.2 Å². The van der Waals surface area contributed by atoms with Gasteiger partial charge in [-0.1, -0.05) is 42.5 Å². The monoisotopic (exact) mass is 334 g/mol. The van der Waals surface area contributed by atoms with Crippen molar-refractivity contribution in [3.8, 4) is 0 Å². The summed E-state index contributed by atoms with van der Waals surface area (Å²) in [6.07, 6.45) is -2.60. The van der Waals surface area contributed by atoms with E-state index in [0.29, 0.717) is 6.54 Å². The SMILES string of the molecule is O=C(NCC1(c2ccccc2)CC1)Nc1ccccc1C(F)(F)F. The lowest BCUT2D eigenvalue weighted by molar-refractivity contribution is -0.136. The number of halogens is 3. The van der Waals surface area contributed by atoms with Crippen LogP contribution in [-0.2, 0) is 11.6 Å². The van der Waals surface area contributed by atoms with E-state index in [4.69, 9.17) is 0 Å². The number of carbonyl (C=O) groups is 1. The first-order valence-corrected chi connectivity index (χ1v) is 7.67. The average Bonchev–Trinajstić information content (AvgIpc) is 3.35. The molecule has 2 amide bonds. The molecule has 0 bridgehead atoms. The molecule has 0 aliphatic heterocycles. The maximum Gasteiger partial charge on any atom is 0.418 e. The van der Waals surface area contributed by atoms with Gasteiger partial charge in [0.2, 0.25) is 0 Å². The van der Waals surface area contributed by atoms with Crippen molar-refractivity contribution >= 4 is 11.7 Å². The predicted molar refractivity (Wildman–Crippen MR) is 85.8 cm³/mol. The summed E-state index contributed by atoms with van der Waals surface area (Å²) in [4.78, 5) is 12.0. The molecule has 0 aromatic heterocycles. The number of rotatable bonds is 4. The van der Waals surface area contributed by atoms with Crippen molar-refractivity contribution < 1.29 is 18.0 Å². The fourth-order valence-electron chi connectivity index (χ4n) is 2.77. The van der Waals surface area contributed by atoms with Crippen LogP contribution >= 0.6 is 0 Å². The van der Waals surface area contributed by atoms with E-state index in [1.807, 2.05) is 30.3 Å². The Morgan fingerprint density at radius 2 is 1.62 bits per heavy atom. The molecule has 2 aromatic rings. The third-order valence-corrected chi connectivity index (χ3v) is 4.31. The Hall–Kier alpha value is -2.50. The zero-order valence-corrected chi connectivity index (χ0v) is 12.9. The number of nitrogens with one attached hydrogen (secondary N) is 2. The molecule has 0 heterocycles. The van der Waals surface area contributed by atoms with Crippen LogP contribution in [0.3, 0.4) is 0 Å². The normalized spacial score (nSPS) is 15.6. The van der Waals surface area contributed by atoms with Crippen molar-refractivity contribution in [2.75, 3.05) is 11.9 Å². The third-order valence-electron chi connectivity index (χ3n) is 4.31. The number of urea groups is 1. The Kier molecular flexibility index (Phi) is 4.22. The molecule has 126 valence electrons. The largest absolute Gasteiger partial charge is 0.418 e. The summed E-state index contributed by atoms with van der Waals surface area (Å²) in [6.45, 7) is 0.400. The first-order chi connectivity index (χ1) is 11.4. The summed E-state index contributed by atoms with van der Waals surface area (Å²) in [6, 6.07) is 14.1. The molecule has 24 heavy (non-hydrogen) atoms. The summed E-state index contributed by atoms with van der Waals surface area (Å²) in [5, 5.41) is 4.99. The third kappa shape index (κ3) is 3.53. The van der Waals surface area contributed by atoms with Gasteiger partial charge in [-0.2, -0.15) is 13.2 Å². The average molecular weight is 334 g/mol. The lowest BCUT2D eigenvalue weighted by Crippen LogP contribution is -2.35. The molecule has 1 aliphatic rings. The Bertz CT molecular complexity index is 725. The second-order valence-electron chi connectivity index (χ2n) is 6.00. The van der Waals surface area contributed by atoms with Crippen LogP contribution in [0.15, 0.2) is 54.6 Å². The molecule has 1 saturated carbocycles. The highest BCUT2D eigenvalue weighted by atomic mass is 19.4. The quantitative estimate of drug-likeness (QED) is 0.846. The molecule has 3 nitrogen and oxygen atoms in total. The zero-order valence-electron chi connectivity index (χ0n) is 12.9. The van der Waals surface area contributed by atoms with Crippen LogP contribution in [0.5, 0.6) is 0 Å². The van der Waals surface area contributed by atoms with Gasteiger partial charge in [0.05, 0.1) is 11.3 Å². The van der Waals surface area contributed by atoms with Crippen LogP contribution in [0.25, 0.3) is 0 Å². The summed E-state index contributed by atoms with van der Waals surface area (Å²) in [5.41, 5.74) is -0.0558. The molecule has 0 radical (unpaired) electrons. The van der Waals surface area contributed by atoms with Crippen LogP contribution in [-0.4, -0.2) is 12.6 Å². The van der Waals surface area contributed by atoms with Crippen LogP contribution in [0, 0.1) is 0 Å². The predicted octanol–water partition coefficient (Wildman–Crippen LogP) is 4.56. The molecule has 1 fully saturated rings. The number of para-hydroxylation sites is 1. The minimum atomic E-state index is -4.51. The molecule has 2 aromatic carbocycles. The van der Waals surface area contributed by atoms with Crippen molar-refractivity contribution in [3.63, 3.8) is 0 Å². The molecule has 3 rings (SSSR count). The number of alkyl halides is 3. The number of hydrogen-bond donors (Lipinski definition) is 2. The highest BCUT2D eigenvalue weighted by Crippen LogP contribution is 2.47. The van der Waals surface area contributed by atoms with Crippen molar-refractivity contribution in [3.05, 3.63) is 65.7 Å². The molecule has 2 N–H and O–H groups in total. The van der Waals surface area contributed by atoms with Gasteiger partial charge in [0.15, 0.2) is 0 Å². The topological polar surface area (TPSA) is 41.1 Å². The van der Waals surface area contributed by atoms with Crippen molar-refractivity contribution in [1.82, 2.24) is 5.32 Å². The minimum Gasteiger partial charge on any atom is -0.337 e. The first kappa shape index (κ1) is 16.4. The molecule has 0 saturated heterocycles. The van der Waals surface area contributed by atoms with E-state index in [0.717, 1.165) is 24.5 Å². The lowest BCUT2D eigenvalue weighted by Gasteiger charge is -2.18. The zero-order chi connectivity index (χ0) is 17.2. The van der Waals surface area contributed by atoms with Gasteiger partial charge in [-0.05, 0) is 30.5 Å². The number of anilines is 1. The summed E-state index contributed by atoms with van der Waals surface area (Å²) in [7, 11) is 0. The lowest BCUT2D eigenvalue weighted by atomic mass is 9.96. The van der Waals surface area contributed by atoms with Crippen LogP contribution in [0.1, 0.15) is 24.0 Å². The van der Waals surface area contributed by atoms with Gasteiger partial charge >= 0.3 is 12.2 Å². The van der Waals surface area contributed by atoms with Gasteiger partial charge in [-0.15, -0.1) is 0 Å². The first-order valence-electron chi connectivity index (χ1n) is 7.67. The summed E-state index contributed by atoms with van der Waals surface area (Å²) < 4.78 is 38.8. The number of amides is 2. The fourth-order valence-corrected chi connectivity index (χ4v) is 2.77. The highest BCUT2D eigenvalue weighted by molar-refractivity contribution is 5.90. The van der Waals surface area contributed by atoms with Gasteiger partial charge in [-0.25, -0.2) is 4.79 Å². The van der Waals surface area contributed by atoms with Crippen LogP contribution in [0.4, 0.5) is 23.7 Å². The van der Waals surface area contributed by atoms with E-state index in [2.05, 4.69) is 10.6 Å². The van der Waals surface area contributed by atoms with E-state index in [-0.39, 0.29) is 11.1 Å². The number of carbonyl (C=O) groups excluding carboxylic acids is 1. The van der Waals surface area contributed by atoms with Crippen molar-refractivity contribution in [2.24, 2.45) is 0 Å². The Morgan fingerprint density at radius 3 is 2.25 bits per heavy atom. The van der Waals surface area contributed by atoms with E-state index >= 15 is 0 Å². The maximum atomic E-state index is 12.9. The maximum absolute atomic E-state index is 12.9. The second kappa shape index (κ2) is 6.19. The highest BCUT2D eigenvalue weighted by Gasteiger charge is 2.44. The Balaban J connectivity index is 1.64. The number of benzene rings is 2. The fraction of sp³-hybridized carbons (Fsp3) is 0.278. The molecule has 6 heteroatoms. The standard InChI is InChI=1S/C18H17F3N2O/c19-18(20,21)14-8-4-5-9-15(14)23-16(24)22-12-17(10-11-17)13-6-2-1-3-7-13/h1-9H,10-12H2,(H2,22,23,24). The van der Waals surface area contributed by atoms with Crippen molar-refractivity contribution in [1.29, 1.82) is 0 Å². The minimum absolute atomic E-state index is 0.0951. The van der Waals surface area contributed by atoms with E-state index in [1.54, 1.807) is 0 Å². The van der Waals surface area contributed by atoms with Gasteiger partial charge in [0.1, 0.15) is 0 Å². The smallest absolute Gasteiger partial charge is 0.337 e. The van der Waals surface area contributed by atoms with Crippen LogP contribution in [0.2, 0.25) is 0 Å². The van der Waals surface area contributed by atoms with E-state index < -0.39 is 17.8 Å². The summed E-state index contributed by atoms with van der Waals surface area (Å²) in [5.74, 6) is 0. The number of hydrogen-bond acceptors (Lipinski definition) is 1. The summed E-state index contributed by atoms with van der Waals surface area (Å²) >= 11 is 0. The molecular formula is C18H17F3N2O. The Labute approximate surface area is 137 Å². The van der Waals surface area contributed by atoms with E-state index in [9.17, 15) is 18.0 Å². The molecule has 0 atom stereocenters. The second-order valence-corrected chi connectivity index (χ2v) is 6.00. The van der Waals surface area contributed by atoms with Gasteiger partial charge < -0.3 is 10.6 Å². The molecular weight excluding hydrogens is 317 g/mol.